The molecule has 0 fully saturated rings. The molecule has 3 rings (SSSR count). The van der Waals surface area contributed by atoms with Gasteiger partial charge in [0.05, 0.1) is 24.4 Å². The molecule has 0 N–H and O–H groups in total. The molecule has 3 aromatic rings. The highest BCUT2D eigenvalue weighted by molar-refractivity contribution is 7.93. The first-order chi connectivity index (χ1) is 14.3. The van der Waals surface area contributed by atoms with Gasteiger partial charge in [-0.05, 0) is 35.9 Å². The molecule has 0 aliphatic rings. The molecule has 1 amide bonds. The van der Waals surface area contributed by atoms with Gasteiger partial charge in [-0.25, -0.2) is 13.5 Å². The number of para-hydroxylation sites is 1. The second-order valence-electron chi connectivity index (χ2n) is 6.46. The topological polar surface area (TPSA) is 66.9 Å². The van der Waals surface area contributed by atoms with Crippen molar-refractivity contribution in [2.24, 2.45) is 0 Å². The van der Waals surface area contributed by atoms with Gasteiger partial charge in [-0.3, -0.25) is 13.9 Å². The van der Waals surface area contributed by atoms with E-state index in [1.165, 1.54) is 36.7 Å². The molecule has 0 saturated carbocycles. The van der Waals surface area contributed by atoms with Crippen LogP contribution in [-0.4, -0.2) is 33.5 Å². The summed E-state index contributed by atoms with van der Waals surface area (Å²) in [7, 11) is -1.29. The summed E-state index contributed by atoms with van der Waals surface area (Å²) in [5, 5.41) is 1.04. The third-order valence-corrected chi connectivity index (χ3v) is 6.77. The maximum Gasteiger partial charge on any atom is 0.277 e. The standard InChI is InChI=1S/C22H21ClN2O4S/c1-24(29-2)22(26)18-13-14-20(23)21(15-18)30(27,28)25(19-11-7-4-8-12-19)16-17-9-5-3-6-10-17/h3-15H,16H2,1-2H3. The largest absolute Gasteiger partial charge is 0.277 e. The van der Waals surface area contributed by atoms with Crippen molar-refractivity contribution in [3.8, 4) is 0 Å². The third kappa shape index (κ3) is 4.64. The van der Waals surface area contributed by atoms with Crippen LogP contribution >= 0.6 is 11.6 Å². The number of nitrogens with zero attached hydrogens (tertiary/aromatic N) is 2. The van der Waals surface area contributed by atoms with E-state index in [1.54, 1.807) is 24.3 Å². The van der Waals surface area contributed by atoms with Gasteiger partial charge in [-0.1, -0.05) is 60.1 Å². The van der Waals surface area contributed by atoms with E-state index in [9.17, 15) is 13.2 Å². The monoisotopic (exact) mass is 444 g/mol. The van der Waals surface area contributed by atoms with Crippen LogP contribution in [0.3, 0.4) is 0 Å². The first-order valence-electron chi connectivity index (χ1n) is 9.08. The van der Waals surface area contributed by atoms with Gasteiger partial charge in [0.2, 0.25) is 0 Å². The molecular formula is C22H21ClN2O4S. The summed E-state index contributed by atoms with van der Waals surface area (Å²) in [6, 6.07) is 22.1. The lowest BCUT2D eigenvalue weighted by molar-refractivity contribution is -0.0757. The summed E-state index contributed by atoms with van der Waals surface area (Å²) in [5.41, 5.74) is 1.45. The minimum absolute atomic E-state index is 0.0283. The summed E-state index contributed by atoms with van der Waals surface area (Å²) >= 11 is 6.27. The first kappa shape index (κ1) is 21.8. The second-order valence-corrected chi connectivity index (χ2v) is 8.70. The van der Waals surface area contributed by atoms with E-state index in [0.717, 1.165) is 10.6 Å². The van der Waals surface area contributed by atoms with Crippen molar-refractivity contribution in [1.82, 2.24) is 5.06 Å². The van der Waals surface area contributed by atoms with E-state index in [2.05, 4.69) is 0 Å². The Morgan fingerprint density at radius 1 is 0.967 bits per heavy atom. The number of rotatable bonds is 7. The lowest BCUT2D eigenvalue weighted by Gasteiger charge is -2.25. The molecule has 0 saturated heterocycles. The summed E-state index contributed by atoms with van der Waals surface area (Å²) in [6.07, 6.45) is 0. The molecule has 0 aliphatic heterocycles. The van der Waals surface area contributed by atoms with Crippen LogP contribution in [0.25, 0.3) is 0 Å². The molecule has 0 spiro atoms. The van der Waals surface area contributed by atoms with Gasteiger partial charge in [-0.15, -0.1) is 0 Å². The zero-order valence-corrected chi connectivity index (χ0v) is 18.1. The van der Waals surface area contributed by atoms with Crippen LogP contribution < -0.4 is 4.31 Å². The normalized spacial score (nSPS) is 11.2. The number of carbonyl (C=O) groups is 1. The lowest BCUT2D eigenvalue weighted by atomic mass is 10.2. The summed E-state index contributed by atoms with van der Waals surface area (Å²) < 4.78 is 28.6. The maximum absolute atomic E-state index is 13.7. The van der Waals surface area contributed by atoms with E-state index in [0.29, 0.717) is 5.69 Å². The number of benzene rings is 3. The zero-order valence-electron chi connectivity index (χ0n) is 16.5. The van der Waals surface area contributed by atoms with Crippen LogP contribution in [-0.2, 0) is 21.4 Å². The molecule has 8 heteroatoms. The fourth-order valence-corrected chi connectivity index (χ4v) is 4.83. The molecule has 3 aromatic carbocycles. The number of amides is 1. The Morgan fingerprint density at radius 3 is 2.17 bits per heavy atom. The van der Waals surface area contributed by atoms with Gasteiger partial charge >= 0.3 is 0 Å². The van der Waals surface area contributed by atoms with Crippen molar-refractivity contribution in [1.29, 1.82) is 0 Å². The average molecular weight is 445 g/mol. The van der Waals surface area contributed by atoms with Crippen molar-refractivity contribution in [3.63, 3.8) is 0 Å². The highest BCUT2D eigenvalue weighted by atomic mass is 35.5. The van der Waals surface area contributed by atoms with Crippen molar-refractivity contribution >= 4 is 33.2 Å². The fraction of sp³-hybridized carbons (Fsp3) is 0.136. The molecular weight excluding hydrogens is 424 g/mol. The first-order valence-corrected chi connectivity index (χ1v) is 10.9. The third-order valence-electron chi connectivity index (χ3n) is 4.52. The van der Waals surface area contributed by atoms with Gasteiger partial charge in [-0.2, -0.15) is 0 Å². The average Bonchev–Trinajstić information content (AvgIpc) is 2.77. The highest BCUT2D eigenvalue weighted by Gasteiger charge is 2.29. The molecule has 0 aromatic heterocycles. The predicted octanol–water partition coefficient (Wildman–Crippen LogP) is 4.37. The van der Waals surface area contributed by atoms with Crippen molar-refractivity contribution in [2.75, 3.05) is 18.5 Å². The molecule has 0 heterocycles. The smallest absolute Gasteiger partial charge is 0.274 e. The molecule has 0 bridgehead atoms. The number of hydrogen-bond acceptors (Lipinski definition) is 4. The molecule has 156 valence electrons. The Balaban J connectivity index is 2.10. The number of halogens is 1. The van der Waals surface area contributed by atoms with Crippen LogP contribution in [0.2, 0.25) is 5.02 Å². The molecule has 0 aliphatic carbocycles. The number of carbonyl (C=O) groups excluding carboxylic acids is 1. The second kappa shape index (κ2) is 9.30. The number of hydroxylamine groups is 2. The van der Waals surface area contributed by atoms with Crippen molar-refractivity contribution in [3.05, 3.63) is 95.0 Å². The van der Waals surface area contributed by atoms with E-state index in [-0.39, 0.29) is 22.0 Å². The molecule has 0 atom stereocenters. The van der Waals surface area contributed by atoms with Gasteiger partial charge in [0.1, 0.15) is 4.90 Å². The van der Waals surface area contributed by atoms with Gasteiger partial charge in [0, 0.05) is 12.6 Å². The predicted molar refractivity (Wildman–Crippen MR) is 117 cm³/mol. The quantitative estimate of drug-likeness (QED) is 0.507. The lowest BCUT2D eigenvalue weighted by Crippen LogP contribution is -2.31. The van der Waals surface area contributed by atoms with Crippen LogP contribution in [0.4, 0.5) is 5.69 Å². The molecule has 6 nitrogen and oxygen atoms in total. The summed E-state index contributed by atoms with van der Waals surface area (Å²) in [4.78, 5) is 17.2. The maximum atomic E-state index is 13.7. The molecule has 30 heavy (non-hydrogen) atoms. The SMILES string of the molecule is CON(C)C(=O)c1ccc(Cl)c(S(=O)(=O)N(Cc2ccccc2)c2ccccc2)c1. The summed E-state index contributed by atoms with van der Waals surface area (Å²) in [6.45, 7) is 0.111. The fourth-order valence-electron chi connectivity index (χ4n) is 2.88. The molecule has 0 unspecified atom stereocenters. The Hall–Kier alpha value is -2.87. The van der Waals surface area contributed by atoms with Crippen LogP contribution in [0.15, 0.2) is 83.8 Å². The summed E-state index contributed by atoms with van der Waals surface area (Å²) in [5.74, 6) is -0.486. The Morgan fingerprint density at radius 2 is 1.57 bits per heavy atom. The van der Waals surface area contributed by atoms with E-state index < -0.39 is 15.9 Å². The zero-order chi connectivity index (χ0) is 21.7. The number of hydrogen-bond donors (Lipinski definition) is 0. The van der Waals surface area contributed by atoms with Crippen molar-refractivity contribution < 1.29 is 18.0 Å². The van der Waals surface area contributed by atoms with Gasteiger partial charge < -0.3 is 0 Å². The number of anilines is 1. The number of sulfonamides is 1. The Bertz CT molecular complexity index is 1120. The van der Waals surface area contributed by atoms with E-state index in [4.69, 9.17) is 16.4 Å². The van der Waals surface area contributed by atoms with Crippen LogP contribution in [0.5, 0.6) is 0 Å². The molecule has 0 radical (unpaired) electrons. The van der Waals surface area contributed by atoms with Gasteiger partial charge in [0.25, 0.3) is 15.9 Å². The van der Waals surface area contributed by atoms with Crippen LogP contribution in [0.1, 0.15) is 15.9 Å². The van der Waals surface area contributed by atoms with E-state index >= 15 is 0 Å². The Kier molecular flexibility index (Phi) is 6.77. The minimum atomic E-state index is -4.08. The highest BCUT2D eigenvalue weighted by Crippen LogP contribution is 2.31. The van der Waals surface area contributed by atoms with Crippen LogP contribution in [0, 0.1) is 0 Å². The van der Waals surface area contributed by atoms with Crippen molar-refractivity contribution in [2.45, 2.75) is 11.4 Å². The van der Waals surface area contributed by atoms with E-state index in [1.807, 2.05) is 36.4 Å². The Labute approximate surface area is 181 Å². The van der Waals surface area contributed by atoms with Gasteiger partial charge in [0.15, 0.2) is 0 Å². The minimum Gasteiger partial charge on any atom is -0.274 e.